The molecule has 2 heterocycles. The van der Waals surface area contributed by atoms with Crippen LogP contribution in [-0.2, 0) is 33.3 Å². The maximum Gasteiger partial charge on any atom is 0.305 e. The summed E-state index contributed by atoms with van der Waals surface area (Å²) in [7, 11) is 0. The van der Waals surface area contributed by atoms with Gasteiger partial charge in [-0.15, -0.1) is 0 Å². The van der Waals surface area contributed by atoms with Crippen LogP contribution in [0.3, 0.4) is 0 Å². The van der Waals surface area contributed by atoms with Crippen molar-refractivity contribution in [3.63, 3.8) is 0 Å². The van der Waals surface area contributed by atoms with Crippen molar-refractivity contribution in [3.05, 3.63) is 0 Å². The van der Waals surface area contributed by atoms with Crippen LogP contribution in [0.15, 0.2) is 0 Å². The summed E-state index contributed by atoms with van der Waals surface area (Å²) in [5.41, 5.74) is 0. The second kappa shape index (κ2) is 5.88. The van der Waals surface area contributed by atoms with E-state index in [1.54, 1.807) is 13.8 Å². The quantitative estimate of drug-likeness (QED) is 0.695. The number of aliphatic hydroxyl groups is 1. The highest BCUT2D eigenvalue weighted by Crippen LogP contribution is 2.33. The lowest BCUT2D eigenvalue weighted by molar-refractivity contribution is -0.377. The zero-order valence-corrected chi connectivity index (χ0v) is 12.4. The van der Waals surface area contributed by atoms with Crippen LogP contribution in [-0.4, -0.2) is 60.1 Å². The van der Waals surface area contributed by atoms with Crippen molar-refractivity contribution in [2.45, 2.75) is 64.2 Å². The highest BCUT2D eigenvalue weighted by molar-refractivity contribution is 5.67. The number of hydrogen-bond donors (Lipinski definition) is 1. The Balaban J connectivity index is 2.18. The van der Waals surface area contributed by atoms with Crippen LogP contribution in [0, 0.1) is 0 Å². The topological polar surface area (TPSA) is 101 Å². The monoisotopic (exact) mass is 304 g/mol. The molecule has 120 valence electrons. The molecule has 2 aliphatic heterocycles. The molecular formula is C13H20O8. The number of ether oxygens (including phenoxy) is 5. The van der Waals surface area contributed by atoms with Gasteiger partial charge in [-0.2, -0.15) is 0 Å². The Bertz CT molecular complexity index is 420. The number of aliphatic hydroxyl groups excluding tert-OH is 1. The van der Waals surface area contributed by atoms with Gasteiger partial charge in [0.05, 0.1) is 6.61 Å². The van der Waals surface area contributed by atoms with Crippen LogP contribution in [0.5, 0.6) is 0 Å². The average Bonchev–Trinajstić information content (AvgIpc) is 2.34. The van der Waals surface area contributed by atoms with Crippen molar-refractivity contribution < 1.29 is 38.4 Å². The molecule has 5 atom stereocenters. The van der Waals surface area contributed by atoms with E-state index in [0.717, 1.165) is 0 Å². The lowest BCUT2D eigenvalue weighted by Crippen LogP contribution is -2.65. The van der Waals surface area contributed by atoms with E-state index in [9.17, 15) is 14.7 Å². The minimum absolute atomic E-state index is 0.166. The second-order valence-electron chi connectivity index (χ2n) is 5.51. The zero-order valence-electron chi connectivity index (χ0n) is 12.4. The smallest absolute Gasteiger partial charge is 0.305 e. The molecule has 0 radical (unpaired) electrons. The first-order valence-corrected chi connectivity index (χ1v) is 6.69. The van der Waals surface area contributed by atoms with Gasteiger partial charge in [-0.25, -0.2) is 0 Å². The van der Waals surface area contributed by atoms with Gasteiger partial charge in [0.1, 0.15) is 18.3 Å². The SMILES string of the molecule is CC(=O)O[C@H]1O[C@@H]2COC(C)(C)O[C@H]2[C@H](O)[C@@H]1OC(C)=O. The molecule has 0 bridgehead atoms. The molecule has 2 rings (SSSR count). The molecule has 0 aromatic carbocycles. The molecule has 0 saturated carbocycles. The first kappa shape index (κ1) is 16.2. The van der Waals surface area contributed by atoms with E-state index < -0.39 is 48.4 Å². The number of carbonyl (C=O) groups is 2. The Hall–Kier alpha value is -1.22. The van der Waals surface area contributed by atoms with Crippen LogP contribution in [0.4, 0.5) is 0 Å². The number of esters is 2. The minimum Gasteiger partial charge on any atom is -0.453 e. The third-order valence-electron chi connectivity index (χ3n) is 3.22. The van der Waals surface area contributed by atoms with E-state index in [0.29, 0.717) is 0 Å². The third-order valence-corrected chi connectivity index (χ3v) is 3.22. The molecule has 2 saturated heterocycles. The van der Waals surface area contributed by atoms with E-state index in [2.05, 4.69) is 0 Å². The van der Waals surface area contributed by atoms with Gasteiger partial charge in [0.25, 0.3) is 0 Å². The van der Waals surface area contributed by atoms with Crippen molar-refractivity contribution in [2.24, 2.45) is 0 Å². The number of hydrogen-bond acceptors (Lipinski definition) is 8. The van der Waals surface area contributed by atoms with Crippen molar-refractivity contribution in [2.75, 3.05) is 6.61 Å². The number of fused-ring (bicyclic) bond motifs is 1. The van der Waals surface area contributed by atoms with Crippen LogP contribution in [0.1, 0.15) is 27.7 Å². The van der Waals surface area contributed by atoms with Gasteiger partial charge in [0, 0.05) is 13.8 Å². The van der Waals surface area contributed by atoms with Gasteiger partial charge in [0.15, 0.2) is 11.9 Å². The molecule has 0 aromatic rings. The molecule has 0 aromatic heterocycles. The summed E-state index contributed by atoms with van der Waals surface area (Å²) in [6, 6.07) is 0. The highest BCUT2D eigenvalue weighted by atomic mass is 16.8. The molecule has 0 aliphatic carbocycles. The Morgan fingerprint density at radius 3 is 2.38 bits per heavy atom. The van der Waals surface area contributed by atoms with Crippen molar-refractivity contribution in [1.82, 2.24) is 0 Å². The lowest BCUT2D eigenvalue weighted by atomic mass is 9.97. The average molecular weight is 304 g/mol. The highest BCUT2D eigenvalue weighted by Gasteiger charge is 2.53. The standard InChI is InChI=1S/C13H20O8/c1-6(14)18-11-9(16)10-8(5-17-13(3,4)21-10)20-12(11)19-7(2)15/h8-12,16H,5H2,1-4H3/t8-,9+,10-,11+,12+/m1/s1. The molecule has 1 N–H and O–H groups in total. The predicted octanol–water partition coefficient (Wildman–Crippen LogP) is -0.282. The summed E-state index contributed by atoms with van der Waals surface area (Å²) in [5, 5.41) is 10.4. The summed E-state index contributed by atoms with van der Waals surface area (Å²) >= 11 is 0. The van der Waals surface area contributed by atoms with Gasteiger partial charge < -0.3 is 28.8 Å². The Morgan fingerprint density at radius 2 is 1.81 bits per heavy atom. The van der Waals surface area contributed by atoms with Crippen LogP contribution in [0.25, 0.3) is 0 Å². The lowest BCUT2D eigenvalue weighted by Gasteiger charge is -2.48. The molecule has 2 fully saturated rings. The Labute approximate surface area is 122 Å². The molecule has 8 heteroatoms. The fraction of sp³-hybridized carbons (Fsp3) is 0.846. The van der Waals surface area contributed by atoms with E-state index in [-0.39, 0.29) is 6.61 Å². The van der Waals surface area contributed by atoms with E-state index in [1.807, 2.05) is 0 Å². The summed E-state index contributed by atoms with van der Waals surface area (Å²) in [6.45, 7) is 5.96. The van der Waals surface area contributed by atoms with Gasteiger partial charge in [0.2, 0.25) is 6.29 Å². The molecule has 0 spiro atoms. The summed E-state index contributed by atoms with van der Waals surface area (Å²) < 4.78 is 26.6. The zero-order chi connectivity index (χ0) is 15.8. The normalized spacial score (nSPS) is 38.2. The van der Waals surface area contributed by atoms with Gasteiger partial charge in [-0.05, 0) is 13.8 Å². The number of rotatable bonds is 2. The predicted molar refractivity (Wildman–Crippen MR) is 66.9 cm³/mol. The molecule has 0 amide bonds. The van der Waals surface area contributed by atoms with Crippen molar-refractivity contribution >= 4 is 11.9 Å². The van der Waals surface area contributed by atoms with E-state index in [1.165, 1.54) is 13.8 Å². The van der Waals surface area contributed by atoms with Crippen LogP contribution >= 0.6 is 0 Å². The summed E-state index contributed by atoms with van der Waals surface area (Å²) in [6.07, 6.45) is -4.91. The molecule has 21 heavy (non-hydrogen) atoms. The molecule has 0 unspecified atom stereocenters. The summed E-state index contributed by atoms with van der Waals surface area (Å²) in [4.78, 5) is 22.3. The number of carbonyl (C=O) groups excluding carboxylic acids is 2. The van der Waals surface area contributed by atoms with Crippen molar-refractivity contribution in [1.29, 1.82) is 0 Å². The fourth-order valence-corrected chi connectivity index (χ4v) is 2.39. The molecular weight excluding hydrogens is 284 g/mol. The summed E-state index contributed by atoms with van der Waals surface area (Å²) in [5.74, 6) is -2.12. The maximum absolute atomic E-state index is 11.2. The largest absolute Gasteiger partial charge is 0.453 e. The molecule has 8 nitrogen and oxygen atoms in total. The third kappa shape index (κ3) is 3.70. The second-order valence-corrected chi connectivity index (χ2v) is 5.51. The molecule has 2 aliphatic rings. The van der Waals surface area contributed by atoms with Crippen molar-refractivity contribution in [3.8, 4) is 0 Å². The van der Waals surface area contributed by atoms with Crippen LogP contribution in [0.2, 0.25) is 0 Å². The Morgan fingerprint density at radius 1 is 1.19 bits per heavy atom. The van der Waals surface area contributed by atoms with Crippen LogP contribution < -0.4 is 0 Å². The maximum atomic E-state index is 11.2. The van der Waals surface area contributed by atoms with Gasteiger partial charge in [-0.3, -0.25) is 9.59 Å². The van der Waals surface area contributed by atoms with Gasteiger partial charge in [-0.1, -0.05) is 0 Å². The van der Waals surface area contributed by atoms with E-state index in [4.69, 9.17) is 23.7 Å². The van der Waals surface area contributed by atoms with Gasteiger partial charge >= 0.3 is 11.9 Å². The minimum atomic E-state index is -1.20. The fourth-order valence-electron chi connectivity index (χ4n) is 2.39. The first-order chi connectivity index (χ1) is 9.69. The first-order valence-electron chi connectivity index (χ1n) is 6.69. The Kier molecular flexibility index (Phi) is 4.52. The van der Waals surface area contributed by atoms with E-state index >= 15 is 0 Å².